The summed E-state index contributed by atoms with van der Waals surface area (Å²) in [5.41, 5.74) is -0.398. The Morgan fingerprint density at radius 1 is 1.33 bits per heavy atom. The summed E-state index contributed by atoms with van der Waals surface area (Å²) < 4.78 is 0. The molecule has 0 unspecified atom stereocenters. The van der Waals surface area contributed by atoms with Crippen LogP contribution in [0.3, 0.4) is 0 Å². The topological polar surface area (TPSA) is 69.6 Å². The maximum Gasteiger partial charge on any atom is 0.255 e. The smallest absolute Gasteiger partial charge is 0.255 e. The summed E-state index contributed by atoms with van der Waals surface area (Å²) in [6, 6.07) is 4.38. The number of benzene rings is 1. The molecule has 0 heterocycles. The molecule has 1 fully saturated rings. The third-order valence-electron chi connectivity index (χ3n) is 3.96. The first kappa shape index (κ1) is 16.1. The molecule has 0 spiro atoms. The third kappa shape index (κ3) is 3.89. The van der Waals surface area contributed by atoms with Crippen LogP contribution in [0, 0.1) is 5.41 Å². The van der Waals surface area contributed by atoms with Gasteiger partial charge in [0.2, 0.25) is 0 Å². The molecule has 2 rings (SSSR count). The first-order valence-electron chi connectivity index (χ1n) is 7.09. The Balaban J connectivity index is 2.20. The zero-order valence-electron chi connectivity index (χ0n) is 12.6. The van der Waals surface area contributed by atoms with Crippen molar-refractivity contribution in [3.05, 3.63) is 28.8 Å². The van der Waals surface area contributed by atoms with Crippen molar-refractivity contribution < 1.29 is 15.0 Å². The van der Waals surface area contributed by atoms with Crippen LogP contribution in [-0.4, -0.2) is 27.8 Å². The highest BCUT2D eigenvalue weighted by Gasteiger charge is 2.41. The summed E-state index contributed by atoms with van der Waals surface area (Å²) in [6.45, 7) is 6.09. The average Bonchev–Trinajstić information content (AvgIpc) is 2.28. The minimum atomic E-state index is -0.507. The van der Waals surface area contributed by atoms with Crippen LogP contribution < -0.4 is 5.32 Å². The van der Waals surface area contributed by atoms with Gasteiger partial charge < -0.3 is 15.5 Å². The number of halogens is 1. The lowest BCUT2D eigenvalue weighted by molar-refractivity contribution is 0.0140. The zero-order chi connectivity index (χ0) is 15.8. The summed E-state index contributed by atoms with van der Waals surface area (Å²) >= 11 is 5.88. The van der Waals surface area contributed by atoms with E-state index in [9.17, 15) is 15.0 Å². The van der Waals surface area contributed by atoms with Crippen LogP contribution in [0.2, 0.25) is 5.02 Å². The maximum atomic E-state index is 12.4. The molecule has 1 aliphatic rings. The Morgan fingerprint density at radius 3 is 2.62 bits per heavy atom. The molecule has 21 heavy (non-hydrogen) atoms. The van der Waals surface area contributed by atoms with Gasteiger partial charge in [-0.25, -0.2) is 0 Å². The number of phenols is 1. The summed E-state index contributed by atoms with van der Waals surface area (Å²) in [6.07, 6.45) is 1.56. The predicted octanol–water partition coefficient (Wildman–Crippen LogP) is 3.11. The van der Waals surface area contributed by atoms with Gasteiger partial charge >= 0.3 is 0 Å². The van der Waals surface area contributed by atoms with Crippen LogP contribution in [0.4, 0.5) is 0 Å². The number of hydrogen-bond acceptors (Lipinski definition) is 3. The monoisotopic (exact) mass is 311 g/mol. The summed E-state index contributed by atoms with van der Waals surface area (Å²) in [7, 11) is 0. The highest BCUT2D eigenvalue weighted by Crippen LogP contribution is 2.41. The van der Waals surface area contributed by atoms with E-state index in [2.05, 4.69) is 19.2 Å². The highest BCUT2D eigenvalue weighted by atomic mass is 35.5. The van der Waals surface area contributed by atoms with Crippen molar-refractivity contribution in [1.29, 1.82) is 0 Å². The van der Waals surface area contributed by atoms with Gasteiger partial charge in [-0.05, 0) is 49.8 Å². The number of phenolic OH excluding ortho intramolecular Hbond substituents is 1. The molecule has 0 saturated heterocycles. The first-order chi connectivity index (χ1) is 9.60. The van der Waals surface area contributed by atoms with Crippen molar-refractivity contribution in [3.63, 3.8) is 0 Å². The number of hydrogen-bond donors (Lipinski definition) is 3. The van der Waals surface area contributed by atoms with Gasteiger partial charge in [-0.2, -0.15) is 0 Å². The number of rotatable bonds is 2. The SMILES string of the molecule is CC1(C)C[C@H](O)C[C@@](C)(NC(=O)c2cc(Cl)ccc2O)C1. The van der Waals surface area contributed by atoms with Gasteiger partial charge in [-0.1, -0.05) is 25.4 Å². The molecule has 1 amide bonds. The van der Waals surface area contributed by atoms with Crippen LogP contribution in [-0.2, 0) is 0 Å². The number of amides is 1. The average molecular weight is 312 g/mol. The lowest BCUT2D eigenvalue weighted by Gasteiger charge is -2.45. The molecule has 0 aliphatic heterocycles. The fourth-order valence-corrected chi connectivity index (χ4v) is 3.73. The fraction of sp³-hybridized carbons (Fsp3) is 0.562. The number of aliphatic hydroxyl groups excluding tert-OH is 1. The molecule has 116 valence electrons. The van der Waals surface area contributed by atoms with Gasteiger partial charge in [0.25, 0.3) is 5.91 Å². The quantitative estimate of drug-likeness (QED) is 0.786. The molecule has 0 aromatic heterocycles. The molecule has 5 heteroatoms. The van der Waals surface area contributed by atoms with E-state index >= 15 is 0 Å². The van der Waals surface area contributed by atoms with E-state index in [0.29, 0.717) is 11.4 Å². The van der Waals surface area contributed by atoms with E-state index in [4.69, 9.17) is 11.6 Å². The van der Waals surface area contributed by atoms with Gasteiger partial charge in [0.15, 0.2) is 0 Å². The second-order valence-corrected chi connectivity index (χ2v) is 7.52. The molecule has 1 saturated carbocycles. The van der Waals surface area contributed by atoms with E-state index < -0.39 is 11.6 Å². The Bertz CT molecular complexity index is 558. The molecule has 1 aliphatic carbocycles. The Hall–Kier alpha value is -1.26. The van der Waals surface area contributed by atoms with Crippen LogP contribution in [0.1, 0.15) is 50.4 Å². The molecule has 0 radical (unpaired) electrons. The molecular weight excluding hydrogens is 290 g/mol. The molecule has 0 bridgehead atoms. The van der Waals surface area contributed by atoms with Crippen LogP contribution >= 0.6 is 11.6 Å². The van der Waals surface area contributed by atoms with Crippen LogP contribution in [0.15, 0.2) is 18.2 Å². The van der Waals surface area contributed by atoms with Crippen molar-refractivity contribution >= 4 is 17.5 Å². The van der Waals surface area contributed by atoms with Gasteiger partial charge in [0.05, 0.1) is 11.7 Å². The molecule has 1 aromatic carbocycles. The Labute approximate surface area is 130 Å². The fourth-order valence-electron chi connectivity index (χ4n) is 3.56. The zero-order valence-corrected chi connectivity index (χ0v) is 13.4. The standard InChI is InChI=1S/C16H22ClNO3/c1-15(2)7-11(19)8-16(3,9-15)18-14(21)12-6-10(17)4-5-13(12)20/h4-6,11,19-20H,7-9H2,1-3H3,(H,18,21)/t11-,16+/m0/s1. The normalized spacial score (nSPS) is 28.1. The number of aromatic hydroxyl groups is 1. The van der Waals surface area contributed by atoms with Crippen LogP contribution in [0.5, 0.6) is 5.75 Å². The number of carbonyl (C=O) groups is 1. The second kappa shape index (κ2) is 5.50. The van der Waals surface area contributed by atoms with Crippen molar-refractivity contribution in [2.24, 2.45) is 5.41 Å². The van der Waals surface area contributed by atoms with Crippen molar-refractivity contribution in [1.82, 2.24) is 5.32 Å². The van der Waals surface area contributed by atoms with Crippen molar-refractivity contribution in [2.45, 2.75) is 51.7 Å². The van der Waals surface area contributed by atoms with E-state index in [-0.39, 0.29) is 22.6 Å². The van der Waals surface area contributed by atoms with Gasteiger partial charge in [-0.3, -0.25) is 4.79 Å². The summed E-state index contributed by atoms with van der Waals surface area (Å²) in [4.78, 5) is 12.4. The third-order valence-corrected chi connectivity index (χ3v) is 4.20. The number of nitrogens with one attached hydrogen (secondary N) is 1. The maximum absolute atomic E-state index is 12.4. The molecule has 3 N–H and O–H groups in total. The number of aliphatic hydroxyl groups is 1. The molecule has 2 atom stereocenters. The Morgan fingerprint density at radius 2 is 2.00 bits per heavy atom. The van der Waals surface area contributed by atoms with Gasteiger partial charge in [0.1, 0.15) is 5.75 Å². The lowest BCUT2D eigenvalue weighted by Crippen LogP contribution is -2.54. The second-order valence-electron chi connectivity index (χ2n) is 7.08. The van der Waals surface area contributed by atoms with Crippen LogP contribution in [0.25, 0.3) is 0 Å². The van der Waals surface area contributed by atoms with E-state index in [1.54, 1.807) is 0 Å². The summed E-state index contributed by atoms with van der Waals surface area (Å²) in [5, 5.41) is 23.2. The predicted molar refractivity (Wildman–Crippen MR) is 82.6 cm³/mol. The van der Waals surface area contributed by atoms with E-state index in [1.807, 2.05) is 6.92 Å². The summed E-state index contributed by atoms with van der Waals surface area (Å²) in [5.74, 6) is -0.474. The van der Waals surface area contributed by atoms with Gasteiger partial charge in [-0.15, -0.1) is 0 Å². The van der Waals surface area contributed by atoms with Crippen molar-refractivity contribution in [3.8, 4) is 5.75 Å². The van der Waals surface area contributed by atoms with E-state index in [0.717, 1.165) is 12.8 Å². The lowest BCUT2D eigenvalue weighted by atomic mass is 9.67. The number of carbonyl (C=O) groups excluding carboxylic acids is 1. The van der Waals surface area contributed by atoms with Crippen molar-refractivity contribution in [2.75, 3.05) is 0 Å². The molecule has 1 aromatic rings. The van der Waals surface area contributed by atoms with E-state index in [1.165, 1.54) is 18.2 Å². The molecular formula is C16H22ClNO3. The molecule has 4 nitrogen and oxygen atoms in total. The largest absolute Gasteiger partial charge is 0.507 e. The highest BCUT2D eigenvalue weighted by molar-refractivity contribution is 6.31. The Kier molecular flexibility index (Phi) is 4.22. The van der Waals surface area contributed by atoms with Gasteiger partial charge in [0, 0.05) is 10.6 Å². The minimum Gasteiger partial charge on any atom is -0.507 e. The minimum absolute atomic E-state index is 0.0456. The first-order valence-corrected chi connectivity index (χ1v) is 7.47.